The first kappa shape index (κ1) is 30.5. The molecule has 0 aromatic heterocycles. The van der Waals surface area contributed by atoms with E-state index in [0.29, 0.717) is 11.4 Å². The molecule has 2 aromatic rings. The van der Waals surface area contributed by atoms with Crippen molar-refractivity contribution in [2.75, 3.05) is 49.9 Å². The molecule has 0 unspecified atom stereocenters. The molecule has 12 nitrogen and oxygen atoms in total. The predicted molar refractivity (Wildman–Crippen MR) is 139 cm³/mol. The number of anilines is 2. The van der Waals surface area contributed by atoms with E-state index < -0.39 is 23.1 Å². The Balaban J connectivity index is 0.00000324. The first-order valence-electron chi connectivity index (χ1n) is 10.5. The number of hydrogen-bond donors (Lipinski definition) is 8. The first-order valence-corrected chi connectivity index (χ1v) is 10.5. The smallest absolute Gasteiger partial charge is 0.233 e. The maximum atomic E-state index is 13.4. The number of nitrogens with two attached hydrogens (primary N) is 2. The molecule has 36 heavy (non-hydrogen) atoms. The van der Waals surface area contributed by atoms with Crippen molar-refractivity contribution in [1.29, 1.82) is 0 Å². The van der Waals surface area contributed by atoms with Crippen LogP contribution < -0.4 is 32.7 Å². The standard InChI is InChI=1S/C22H26N6O6.2ClH/c23-9-15(31)27-7-5-25-11-1-2-12(26-6-8-28-16(32)10-24)18-17(11)21(33)19-13(29)3-4-14(30)20(19)22(18)34;;/h1-4,25-26,29-30H,5-10,23-24H2,(H,27,31)(H,28,32);2*1H. The summed E-state index contributed by atoms with van der Waals surface area (Å²) < 4.78 is 0. The Morgan fingerprint density at radius 3 is 1.33 bits per heavy atom. The predicted octanol–water partition coefficient (Wildman–Crippen LogP) is -0.310. The molecule has 0 radical (unpaired) electrons. The summed E-state index contributed by atoms with van der Waals surface area (Å²) >= 11 is 0. The minimum Gasteiger partial charge on any atom is -0.507 e. The normalized spacial score (nSPS) is 11.3. The zero-order valence-corrected chi connectivity index (χ0v) is 20.7. The summed E-state index contributed by atoms with van der Waals surface area (Å²) in [5, 5.41) is 31.8. The fourth-order valence-electron chi connectivity index (χ4n) is 3.60. The monoisotopic (exact) mass is 542 g/mol. The number of benzene rings is 2. The number of phenols is 2. The summed E-state index contributed by atoms with van der Waals surface area (Å²) in [5.74, 6) is -2.84. The molecule has 0 saturated heterocycles. The molecule has 1 aliphatic rings. The van der Waals surface area contributed by atoms with Gasteiger partial charge < -0.3 is 42.9 Å². The number of rotatable bonds is 10. The van der Waals surface area contributed by atoms with Crippen molar-refractivity contribution in [3.8, 4) is 11.5 Å². The lowest BCUT2D eigenvalue weighted by Crippen LogP contribution is -2.34. The van der Waals surface area contributed by atoms with Crippen LogP contribution in [0.2, 0.25) is 0 Å². The van der Waals surface area contributed by atoms with Crippen LogP contribution in [-0.2, 0) is 9.59 Å². The van der Waals surface area contributed by atoms with Crippen LogP contribution in [0.1, 0.15) is 31.8 Å². The van der Waals surface area contributed by atoms with Gasteiger partial charge in [-0.15, -0.1) is 24.8 Å². The lowest BCUT2D eigenvalue weighted by Gasteiger charge is -2.25. The molecule has 196 valence electrons. The molecular formula is C22H28Cl2N6O6. The minimum absolute atomic E-state index is 0. The van der Waals surface area contributed by atoms with Gasteiger partial charge in [0.15, 0.2) is 0 Å². The lowest BCUT2D eigenvalue weighted by molar-refractivity contribution is -0.120. The second-order valence-electron chi connectivity index (χ2n) is 7.38. The Morgan fingerprint density at radius 1 is 0.639 bits per heavy atom. The highest BCUT2D eigenvalue weighted by molar-refractivity contribution is 6.33. The third kappa shape index (κ3) is 6.34. The Labute approximate surface area is 219 Å². The van der Waals surface area contributed by atoms with Crippen molar-refractivity contribution >= 4 is 59.6 Å². The van der Waals surface area contributed by atoms with Crippen molar-refractivity contribution in [3.05, 3.63) is 46.5 Å². The second kappa shape index (κ2) is 13.5. The van der Waals surface area contributed by atoms with Gasteiger partial charge in [0.05, 0.1) is 35.3 Å². The third-order valence-electron chi connectivity index (χ3n) is 5.17. The molecular weight excluding hydrogens is 515 g/mol. The van der Waals surface area contributed by atoms with E-state index >= 15 is 0 Å². The van der Waals surface area contributed by atoms with Gasteiger partial charge in [-0.25, -0.2) is 0 Å². The quantitative estimate of drug-likeness (QED) is 0.124. The number of halogens is 2. The Kier molecular flexibility index (Phi) is 11.4. The van der Waals surface area contributed by atoms with Crippen LogP contribution in [0.4, 0.5) is 11.4 Å². The van der Waals surface area contributed by atoms with Crippen LogP contribution in [0.3, 0.4) is 0 Å². The van der Waals surface area contributed by atoms with E-state index in [1.165, 1.54) is 0 Å². The van der Waals surface area contributed by atoms with E-state index in [1.54, 1.807) is 12.1 Å². The average molecular weight is 543 g/mol. The summed E-state index contributed by atoms with van der Waals surface area (Å²) in [6.45, 7) is 0.585. The van der Waals surface area contributed by atoms with E-state index in [0.717, 1.165) is 12.1 Å². The third-order valence-corrected chi connectivity index (χ3v) is 5.17. The van der Waals surface area contributed by atoms with E-state index in [4.69, 9.17) is 11.5 Å². The number of aromatic hydroxyl groups is 2. The van der Waals surface area contributed by atoms with Gasteiger partial charge in [0.1, 0.15) is 11.5 Å². The number of fused-ring (bicyclic) bond motifs is 2. The Hall–Kier alpha value is -3.58. The highest BCUT2D eigenvalue weighted by Gasteiger charge is 2.37. The molecule has 10 N–H and O–H groups in total. The van der Waals surface area contributed by atoms with Gasteiger partial charge in [0.2, 0.25) is 23.4 Å². The number of nitrogens with one attached hydrogen (secondary N) is 4. The van der Waals surface area contributed by atoms with Gasteiger partial charge in [-0.05, 0) is 24.3 Å². The summed E-state index contributed by atoms with van der Waals surface area (Å²) in [4.78, 5) is 49.5. The highest BCUT2D eigenvalue weighted by atomic mass is 35.5. The van der Waals surface area contributed by atoms with Gasteiger partial charge in [-0.2, -0.15) is 0 Å². The van der Waals surface area contributed by atoms with E-state index in [9.17, 15) is 29.4 Å². The molecule has 3 rings (SSSR count). The first-order chi connectivity index (χ1) is 16.3. The molecule has 0 atom stereocenters. The molecule has 0 bridgehead atoms. The van der Waals surface area contributed by atoms with Gasteiger partial charge >= 0.3 is 0 Å². The summed E-state index contributed by atoms with van der Waals surface area (Å²) in [7, 11) is 0. The van der Waals surface area contributed by atoms with E-state index in [-0.39, 0.29) is 98.2 Å². The fourth-order valence-corrected chi connectivity index (χ4v) is 3.60. The maximum Gasteiger partial charge on any atom is 0.233 e. The maximum absolute atomic E-state index is 13.4. The van der Waals surface area contributed by atoms with Crippen LogP contribution in [0, 0.1) is 0 Å². The van der Waals surface area contributed by atoms with Crippen molar-refractivity contribution < 1.29 is 29.4 Å². The molecule has 0 heterocycles. The molecule has 14 heteroatoms. The number of amides is 2. The number of phenolic OH excluding ortho intramolecular Hbond substituents is 2. The van der Waals surface area contributed by atoms with Crippen LogP contribution in [0.25, 0.3) is 0 Å². The molecule has 0 fully saturated rings. The summed E-state index contributed by atoms with van der Waals surface area (Å²) in [6, 6.07) is 5.45. The average Bonchev–Trinajstić information content (AvgIpc) is 2.83. The minimum atomic E-state index is -0.647. The summed E-state index contributed by atoms with van der Waals surface area (Å²) in [5.41, 5.74) is 10.6. The largest absolute Gasteiger partial charge is 0.507 e. The topological polar surface area (TPSA) is 209 Å². The van der Waals surface area contributed by atoms with E-state index in [2.05, 4.69) is 21.3 Å². The van der Waals surface area contributed by atoms with Crippen molar-refractivity contribution in [2.24, 2.45) is 11.5 Å². The van der Waals surface area contributed by atoms with Crippen molar-refractivity contribution in [3.63, 3.8) is 0 Å². The second-order valence-corrected chi connectivity index (χ2v) is 7.38. The Bertz CT molecular complexity index is 1070. The number of carbonyl (C=O) groups is 4. The molecule has 0 saturated carbocycles. The number of hydrogen-bond acceptors (Lipinski definition) is 10. The zero-order chi connectivity index (χ0) is 24.8. The van der Waals surface area contributed by atoms with Crippen LogP contribution in [0.15, 0.2) is 24.3 Å². The van der Waals surface area contributed by atoms with Crippen molar-refractivity contribution in [1.82, 2.24) is 10.6 Å². The lowest BCUT2D eigenvalue weighted by atomic mass is 9.81. The van der Waals surface area contributed by atoms with Crippen LogP contribution >= 0.6 is 24.8 Å². The molecule has 2 amide bonds. The molecule has 2 aromatic carbocycles. The fraction of sp³-hybridized carbons (Fsp3) is 0.273. The molecule has 0 spiro atoms. The van der Waals surface area contributed by atoms with Gasteiger partial charge in [-0.1, -0.05) is 0 Å². The number of ketones is 2. The Morgan fingerprint density at radius 2 is 1.00 bits per heavy atom. The number of carbonyl (C=O) groups excluding carboxylic acids is 4. The van der Waals surface area contributed by atoms with Gasteiger partial charge in [-0.3, -0.25) is 19.2 Å². The van der Waals surface area contributed by atoms with Crippen LogP contribution in [0.5, 0.6) is 11.5 Å². The van der Waals surface area contributed by atoms with Gasteiger partial charge in [0.25, 0.3) is 0 Å². The molecule has 1 aliphatic carbocycles. The molecule has 0 aliphatic heterocycles. The highest BCUT2D eigenvalue weighted by Crippen LogP contribution is 2.42. The van der Waals surface area contributed by atoms with Crippen molar-refractivity contribution in [2.45, 2.75) is 0 Å². The van der Waals surface area contributed by atoms with Gasteiger partial charge in [0, 0.05) is 37.6 Å². The van der Waals surface area contributed by atoms with Crippen LogP contribution in [-0.4, -0.2) is 72.9 Å². The SMILES string of the molecule is Cl.Cl.NCC(=O)NCCNc1ccc(NCCNC(=O)CN)c2c1C(=O)c1c(O)ccc(O)c1C2=O. The zero-order valence-electron chi connectivity index (χ0n) is 19.1. The van der Waals surface area contributed by atoms with E-state index in [1.807, 2.05) is 0 Å². The summed E-state index contributed by atoms with van der Waals surface area (Å²) in [6.07, 6.45) is 0.